The van der Waals surface area contributed by atoms with Crippen molar-refractivity contribution in [1.82, 2.24) is 0 Å². The maximum Gasteiger partial charge on any atom is 0.486 e. The van der Waals surface area contributed by atoms with Crippen LogP contribution in [0.15, 0.2) is 72.7 Å². The number of hydrogen-bond donors (Lipinski definition) is 0. The lowest BCUT2D eigenvalue weighted by atomic mass is 9.43. The molecule has 3 aromatic carbocycles. The van der Waals surface area contributed by atoms with E-state index in [1.807, 2.05) is 36.4 Å². The Morgan fingerprint density at radius 3 is 2.32 bits per heavy atom. The van der Waals surface area contributed by atoms with Crippen LogP contribution in [0.1, 0.15) is 60.7 Å². The van der Waals surface area contributed by atoms with Crippen molar-refractivity contribution in [3.8, 4) is 5.75 Å². The minimum absolute atomic E-state index is 0.0313. The van der Waals surface area contributed by atoms with E-state index in [9.17, 15) is 9.18 Å². The van der Waals surface area contributed by atoms with E-state index < -0.39 is 35.9 Å². The second-order valence-electron chi connectivity index (χ2n) is 12.0. The fraction of sp³-hybridized carbons (Fsp3) is 0.364. The third kappa shape index (κ3) is 5.08. The van der Waals surface area contributed by atoms with Crippen LogP contribution in [0.25, 0.3) is 6.08 Å². The number of rotatable bonds is 8. The first-order valence-corrected chi connectivity index (χ1v) is 14.1. The second-order valence-corrected chi connectivity index (χ2v) is 12.0. The van der Waals surface area contributed by atoms with Crippen molar-refractivity contribution in [3.05, 3.63) is 107 Å². The van der Waals surface area contributed by atoms with E-state index in [0.717, 1.165) is 30.0 Å². The monoisotopic (exact) mass is 558 g/mol. The summed E-state index contributed by atoms with van der Waals surface area (Å²) in [7, 11) is -0.663. The summed E-state index contributed by atoms with van der Waals surface area (Å²) in [6.07, 6.45) is 3.58. The van der Waals surface area contributed by atoms with Crippen LogP contribution in [-0.4, -0.2) is 24.8 Å². The largest absolute Gasteiger partial charge is 0.487 e. The summed E-state index contributed by atoms with van der Waals surface area (Å²) in [5.41, 5.74) is 0.894. The van der Waals surface area contributed by atoms with E-state index in [1.54, 1.807) is 36.3 Å². The van der Waals surface area contributed by atoms with Gasteiger partial charge in [0.1, 0.15) is 24.5 Å². The number of halogens is 2. The molecule has 212 valence electrons. The van der Waals surface area contributed by atoms with Gasteiger partial charge in [0.05, 0.1) is 11.7 Å². The Hall–Kier alpha value is -3.49. The van der Waals surface area contributed by atoms with Crippen molar-refractivity contribution in [2.75, 3.05) is 0 Å². The third-order valence-corrected chi connectivity index (χ3v) is 9.25. The molecule has 3 aromatic rings. The van der Waals surface area contributed by atoms with Crippen LogP contribution in [0.4, 0.5) is 8.78 Å². The minimum atomic E-state index is -1.32. The Morgan fingerprint density at radius 1 is 1.00 bits per heavy atom. The predicted molar refractivity (Wildman–Crippen MR) is 152 cm³/mol. The molecule has 0 spiro atoms. The Balaban J connectivity index is 1.29. The molecular formula is C33H33BF2O5. The van der Waals surface area contributed by atoms with Crippen LogP contribution < -0.4 is 4.74 Å². The molecule has 3 aliphatic carbocycles. The molecule has 41 heavy (non-hydrogen) atoms. The molecule has 1 saturated heterocycles. The van der Waals surface area contributed by atoms with Gasteiger partial charge in [0, 0.05) is 5.56 Å². The zero-order valence-electron chi connectivity index (χ0n) is 23.4. The second kappa shape index (κ2) is 10.7. The van der Waals surface area contributed by atoms with Gasteiger partial charge in [0.15, 0.2) is 11.6 Å². The van der Waals surface area contributed by atoms with E-state index in [1.165, 1.54) is 0 Å². The van der Waals surface area contributed by atoms with Crippen LogP contribution in [0.3, 0.4) is 0 Å². The van der Waals surface area contributed by atoms with Crippen molar-refractivity contribution in [1.29, 1.82) is 0 Å². The lowest BCUT2D eigenvalue weighted by molar-refractivity contribution is -0.199. The highest BCUT2D eigenvalue weighted by atomic mass is 19.2. The van der Waals surface area contributed by atoms with Gasteiger partial charge in [-0.2, -0.15) is 0 Å². The minimum Gasteiger partial charge on any atom is -0.487 e. The molecule has 4 aliphatic rings. The van der Waals surface area contributed by atoms with Crippen molar-refractivity contribution in [3.63, 3.8) is 0 Å². The van der Waals surface area contributed by atoms with Crippen LogP contribution in [0.5, 0.6) is 5.75 Å². The lowest BCUT2D eigenvalue weighted by Gasteiger charge is -2.64. The summed E-state index contributed by atoms with van der Waals surface area (Å²) >= 11 is 0. The molecule has 0 radical (unpaired) electrons. The Labute approximate surface area is 239 Å². The maximum atomic E-state index is 15.2. The molecule has 0 amide bonds. The summed E-state index contributed by atoms with van der Waals surface area (Å²) in [5, 5.41) is 0. The molecule has 3 unspecified atom stereocenters. The van der Waals surface area contributed by atoms with Crippen molar-refractivity contribution < 1.29 is 32.4 Å². The van der Waals surface area contributed by atoms with Crippen LogP contribution in [-0.2, 0) is 27.3 Å². The first-order valence-electron chi connectivity index (χ1n) is 14.1. The first-order chi connectivity index (χ1) is 19.7. The molecule has 3 saturated carbocycles. The normalized spacial score (nSPS) is 26.0. The molecule has 7 rings (SSSR count). The molecule has 0 N–H and O–H groups in total. The fourth-order valence-electron chi connectivity index (χ4n) is 6.78. The van der Waals surface area contributed by atoms with Gasteiger partial charge in [-0.15, -0.1) is 0 Å². The highest BCUT2D eigenvalue weighted by Crippen LogP contribution is 2.65. The van der Waals surface area contributed by atoms with Gasteiger partial charge in [-0.1, -0.05) is 86.6 Å². The van der Waals surface area contributed by atoms with E-state index in [4.69, 9.17) is 18.8 Å². The standard InChI is InChI=1S/C33H33BF2O5/c1-32(2)24-17-26(32)33(3)27(18-24)40-34(41-33)15-14-23-16-25(35)29(36)28(30(23)38-19-21-10-6-4-7-11-21)31(37)39-20-22-12-8-5-9-13-22/h4-16,24,26-27H,17-20H2,1-3H3/b15-14-/t24?,26?,27?,33-/m0/s1. The number of carbonyl (C=O) groups excluding carboxylic acids is 1. The van der Waals surface area contributed by atoms with Gasteiger partial charge in [-0.3, -0.25) is 0 Å². The van der Waals surface area contributed by atoms with Gasteiger partial charge in [-0.25, -0.2) is 13.6 Å². The summed E-state index contributed by atoms with van der Waals surface area (Å²) in [6, 6.07) is 19.3. The molecule has 1 heterocycles. The Kier molecular flexibility index (Phi) is 7.24. The van der Waals surface area contributed by atoms with Crippen molar-refractivity contribution in [2.24, 2.45) is 17.3 Å². The number of esters is 1. The molecule has 2 bridgehead atoms. The predicted octanol–water partition coefficient (Wildman–Crippen LogP) is 7.18. The Morgan fingerprint density at radius 2 is 1.66 bits per heavy atom. The third-order valence-electron chi connectivity index (χ3n) is 9.25. The topological polar surface area (TPSA) is 54.0 Å². The Bertz CT molecular complexity index is 1460. The van der Waals surface area contributed by atoms with E-state index in [0.29, 0.717) is 11.8 Å². The van der Waals surface area contributed by atoms with E-state index in [-0.39, 0.29) is 36.0 Å². The van der Waals surface area contributed by atoms with Gasteiger partial charge >= 0.3 is 13.1 Å². The zero-order chi connectivity index (χ0) is 28.8. The fourth-order valence-corrected chi connectivity index (χ4v) is 6.78. The number of hydrogen-bond acceptors (Lipinski definition) is 5. The summed E-state index contributed by atoms with van der Waals surface area (Å²) in [6.45, 7) is 6.63. The summed E-state index contributed by atoms with van der Waals surface area (Å²) in [4.78, 5) is 13.2. The van der Waals surface area contributed by atoms with Crippen molar-refractivity contribution >= 4 is 19.2 Å². The highest BCUT2D eigenvalue weighted by molar-refractivity contribution is 6.52. The maximum absolute atomic E-state index is 15.2. The smallest absolute Gasteiger partial charge is 0.486 e. The van der Waals surface area contributed by atoms with Gasteiger partial charge in [0.25, 0.3) is 0 Å². The average Bonchev–Trinajstić information content (AvgIpc) is 3.32. The van der Waals surface area contributed by atoms with E-state index >= 15 is 4.39 Å². The highest BCUT2D eigenvalue weighted by Gasteiger charge is 2.67. The van der Waals surface area contributed by atoms with E-state index in [2.05, 4.69) is 20.8 Å². The molecule has 8 heteroatoms. The molecule has 4 atom stereocenters. The molecule has 5 nitrogen and oxygen atoms in total. The molecule has 4 fully saturated rings. The van der Waals surface area contributed by atoms with Crippen molar-refractivity contribution in [2.45, 2.75) is 58.5 Å². The van der Waals surface area contributed by atoms with Crippen LogP contribution >= 0.6 is 0 Å². The lowest BCUT2D eigenvalue weighted by Crippen LogP contribution is -2.65. The molecule has 1 aliphatic heterocycles. The zero-order valence-corrected chi connectivity index (χ0v) is 23.4. The van der Waals surface area contributed by atoms with Crippen LogP contribution in [0.2, 0.25) is 0 Å². The van der Waals surface area contributed by atoms with Gasteiger partial charge < -0.3 is 18.8 Å². The first kappa shape index (κ1) is 27.7. The van der Waals surface area contributed by atoms with Gasteiger partial charge in [-0.05, 0) is 54.2 Å². The average molecular weight is 558 g/mol. The number of benzene rings is 3. The number of ether oxygens (including phenoxy) is 2. The molecule has 0 aromatic heterocycles. The number of carbonyl (C=O) groups is 1. The quantitative estimate of drug-likeness (QED) is 0.217. The van der Waals surface area contributed by atoms with Gasteiger partial charge in [0.2, 0.25) is 0 Å². The summed E-state index contributed by atoms with van der Waals surface area (Å²) in [5.74, 6) is -0.960. The van der Waals surface area contributed by atoms with Crippen LogP contribution in [0, 0.1) is 28.9 Å². The summed E-state index contributed by atoms with van der Waals surface area (Å²) < 4.78 is 54.2. The SMILES string of the molecule is CC1(C)C2CC3OB(/C=C\c4cc(F)c(F)c(C(=O)OCc5ccccc5)c4OCc4ccccc4)O[C@@]3(C)C1C2. The molecular weight excluding hydrogens is 525 g/mol.